The van der Waals surface area contributed by atoms with Crippen LogP contribution in [-0.4, -0.2) is 18.9 Å². The smallest absolute Gasteiger partial charge is 0.286 e. The zero-order valence-electron chi connectivity index (χ0n) is 13.1. The molecule has 0 bridgehead atoms. The summed E-state index contributed by atoms with van der Waals surface area (Å²) in [5, 5.41) is 5.35. The molecule has 5 heteroatoms. The van der Waals surface area contributed by atoms with Crippen molar-refractivity contribution in [1.29, 1.82) is 0 Å². The third-order valence-corrected chi connectivity index (χ3v) is 3.96. The number of hydrogen-bond acceptors (Lipinski definition) is 3. The maximum absolute atomic E-state index is 12.3. The Bertz CT molecular complexity index is 775. The van der Waals surface area contributed by atoms with E-state index in [0.717, 1.165) is 16.7 Å². The Kier molecular flexibility index (Phi) is 4.02. The normalized spacial score (nSPS) is 16.2. The van der Waals surface area contributed by atoms with Crippen LogP contribution in [0.2, 0.25) is 0 Å². The van der Waals surface area contributed by atoms with E-state index in [1.807, 2.05) is 37.3 Å². The summed E-state index contributed by atoms with van der Waals surface area (Å²) in [6.07, 6.45) is 0. The Labute approximate surface area is 134 Å². The van der Waals surface area contributed by atoms with Gasteiger partial charge in [0, 0.05) is 7.05 Å². The molecule has 1 heterocycles. The second kappa shape index (κ2) is 6.12. The molecule has 2 N–H and O–H groups in total. The maximum atomic E-state index is 12.3. The first-order valence-corrected chi connectivity index (χ1v) is 7.46. The first-order chi connectivity index (χ1) is 11.1. The summed E-state index contributed by atoms with van der Waals surface area (Å²) in [6, 6.07) is 13.2. The van der Waals surface area contributed by atoms with Crippen molar-refractivity contribution in [2.24, 2.45) is 5.92 Å². The Hall–Kier alpha value is -2.82. The summed E-state index contributed by atoms with van der Waals surface area (Å²) in [4.78, 5) is 23.7. The van der Waals surface area contributed by atoms with Gasteiger partial charge in [-0.05, 0) is 30.2 Å². The molecular formula is C18H18N2O3. The first-order valence-electron chi connectivity index (χ1n) is 7.46. The summed E-state index contributed by atoms with van der Waals surface area (Å²) >= 11 is 0. The topological polar surface area (TPSA) is 71.3 Å². The summed E-state index contributed by atoms with van der Waals surface area (Å²) in [7, 11) is 1.54. The molecule has 0 saturated heterocycles. The summed E-state index contributed by atoms with van der Waals surface area (Å²) < 4.78 is 5.38. The van der Waals surface area contributed by atoms with Gasteiger partial charge in [0.1, 0.15) is 5.76 Å². The fourth-order valence-electron chi connectivity index (χ4n) is 2.66. The lowest BCUT2D eigenvalue weighted by atomic mass is 10.1. The lowest BCUT2D eigenvalue weighted by molar-refractivity contribution is -0.121. The molecule has 1 unspecified atom stereocenters. The molecule has 0 radical (unpaired) electrons. The molecule has 0 fully saturated rings. The SMILES string of the molecule is CNC(=O)c1ccc(CNC(=O)C2C(C)=C2c2ccccc2)o1. The van der Waals surface area contributed by atoms with E-state index in [0.29, 0.717) is 5.76 Å². The van der Waals surface area contributed by atoms with Gasteiger partial charge in [-0.15, -0.1) is 0 Å². The third kappa shape index (κ3) is 3.04. The predicted molar refractivity (Wildman–Crippen MR) is 86.5 cm³/mol. The van der Waals surface area contributed by atoms with Crippen molar-refractivity contribution in [3.8, 4) is 0 Å². The summed E-state index contributed by atoms with van der Waals surface area (Å²) in [6.45, 7) is 2.24. The molecule has 0 saturated carbocycles. The van der Waals surface area contributed by atoms with Gasteiger partial charge in [-0.25, -0.2) is 0 Å². The second-order valence-corrected chi connectivity index (χ2v) is 5.46. The van der Waals surface area contributed by atoms with E-state index >= 15 is 0 Å². The van der Waals surface area contributed by atoms with E-state index in [1.165, 1.54) is 0 Å². The highest BCUT2D eigenvalue weighted by Gasteiger charge is 2.39. The molecule has 1 aromatic carbocycles. The Balaban J connectivity index is 1.57. The predicted octanol–water partition coefficient (Wildman–Crippen LogP) is 2.36. The van der Waals surface area contributed by atoms with Crippen molar-refractivity contribution in [2.45, 2.75) is 13.5 Å². The number of carbonyl (C=O) groups is 2. The van der Waals surface area contributed by atoms with Crippen LogP contribution in [0.25, 0.3) is 5.57 Å². The fraction of sp³-hybridized carbons (Fsp3) is 0.222. The molecule has 1 aliphatic carbocycles. The second-order valence-electron chi connectivity index (χ2n) is 5.46. The van der Waals surface area contributed by atoms with Crippen LogP contribution in [0.4, 0.5) is 0 Å². The van der Waals surface area contributed by atoms with E-state index in [9.17, 15) is 9.59 Å². The molecule has 5 nitrogen and oxygen atoms in total. The molecule has 1 aromatic heterocycles. The standard InChI is InChI=1S/C18H18N2O3/c1-11-15(12-6-4-3-5-7-12)16(11)18(22)20-10-13-8-9-14(23-13)17(21)19-2/h3-9,16H,10H2,1-2H3,(H,19,21)(H,20,22). The van der Waals surface area contributed by atoms with Crippen molar-refractivity contribution in [3.05, 3.63) is 65.1 Å². The molecule has 1 aliphatic rings. The molecule has 2 aromatic rings. The van der Waals surface area contributed by atoms with Gasteiger partial charge in [-0.3, -0.25) is 9.59 Å². The highest BCUT2D eigenvalue weighted by atomic mass is 16.4. The average Bonchev–Trinajstić information content (AvgIpc) is 3.03. The number of rotatable bonds is 5. The number of furan rings is 1. The minimum Gasteiger partial charge on any atom is -0.454 e. The lowest BCUT2D eigenvalue weighted by Crippen LogP contribution is -2.25. The van der Waals surface area contributed by atoms with E-state index in [2.05, 4.69) is 10.6 Å². The molecule has 118 valence electrons. The molecular weight excluding hydrogens is 292 g/mol. The zero-order chi connectivity index (χ0) is 16.4. The molecule has 2 amide bonds. The van der Waals surface area contributed by atoms with Crippen molar-refractivity contribution in [2.75, 3.05) is 7.05 Å². The molecule has 1 atom stereocenters. The Morgan fingerprint density at radius 1 is 1.13 bits per heavy atom. The van der Waals surface area contributed by atoms with Crippen molar-refractivity contribution in [3.63, 3.8) is 0 Å². The van der Waals surface area contributed by atoms with Gasteiger partial charge >= 0.3 is 0 Å². The Morgan fingerprint density at radius 3 is 2.57 bits per heavy atom. The third-order valence-electron chi connectivity index (χ3n) is 3.96. The van der Waals surface area contributed by atoms with Crippen molar-refractivity contribution >= 4 is 17.4 Å². The van der Waals surface area contributed by atoms with Gasteiger partial charge < -0.3 is 15.1 Å². The maximum Gasteiger partial charge on any atom is 0.286 e. The Morgan fingerprint density at radius 2 is 1.87 bits per heavy atom. The average molecular weight is 310 g/mol. The quantitative estimate of drug-likeness (QED) is 0.890. The van der Waals surface area contributed by atoms with Crippen LogP contribution in [0, 0.1) is 5.92 Å². The van der Waals surface area contributed by atoms with Crippen LogP contribution in [0.15, 0.2) is 52.5 Å². The van der Waals surface area contributed by atoms with Gasteiger partial charge in [-0.1, -0.05) is 35.9 Å². The van der Waals surface area contributed by atoms with Crippen molar-refractivity contribution < 1.29 is 14.0 Å². The number of hydrogen-bond donors (Lipinski definition) is 2. The van der Waals surface area contributed by atoms with Crippen LogP contribution < -0.4 is 10.6 Å². The van der Waals surface area contributed by atoms with E-state index in [-0.39, 0.29) is 30.0 Å². The van der Waals surface area contributed by atoms with Crippen LogP contribution in [0.3, 0.4) is 0 Å². The van der Waals surface area contributed by atoms with E-state index in [4.69, 9.17) is 4.42 Å². The molecule has 0 aliphatic heterocycles. The highest BCUT2D eigenvalue weighted by Crippen LogP contribution is 2.46. The van der Waals surface area contributed by atoms with Gasteiger partial charge in [-0.2, -0.15) is 0 Å². The first kappa shape index (κ1) is 15.1. The highest BCUT2D eigenvalue weighted by molar-refractivity contribution is 6.05. The fourth-order valence-corrected chi connectivity index (χ4v) is 2.66. The van der Waals surface area contributed by atoms with E-state index < -0.39 is 0 Å². The number of benzene rings is 1. The molecule has 3 rings (SSSR count). The number of nitrogens with one attached hydrogen (secondary N) is 2. The van der Waals surface area contributed by atoms with Gasteiger partial charge in [0.25, 0.3) is 5.91 Å². The summed E-state index contributed by atoms with van der Waals surface area (Å²) in [5.74, 6) is 0.303. The van der Waals surface area contributed by atoms with Crippen molar-refractivity contribution in [1.82, 2.24) is 10.6 Å². The van der Waals surface area contributed by atoms with Crippen LogP contribution in [-0.2, 0) is 11.3 Å². The van der Waals surface area contributed by atoms with Crippen LogP contribution in [0.1, 0.15) is 28.8 Å². The minimum absolute atomic E-state index is 0.0424. The van der Waals surface area contributed by atoms with Gasteiger partial charge in [0.05, 0.1) is 12.5 Å². The minimum atomic E-state index is -0.284. The molecule has 0 spiro atoms. The van der Waals surface area contributed by atoms with Crippen LogP contribution in [0.5, 0.6) is 0 Å². The van der Waals surface area contributed by atoms with Crippen LogP contribution >= 0.6 is 0 Å². The molecule has 23 heavy (non-hydrogen) atoms. The zero-order valence-corrected chi connectivity index (χ0v) is 13.1. The largest absolute Gasteiger partial charge is 0.454 e. The summed E-state index contributed by atoms with van der Waals surface area (Å²) in [5.41, 5.74) is 3.28. The number of amides is 2. The van der Waals surface area contributed by atoms with Gasteiger partial charge in [0.15, 0.2) is 5.76 Å². The number of carbonyl (C=O) groups excluding carboxylic acids is 2. The monoisotopic (exact) mass is 310 g/mol. The van der Waals surface area contributed by atoms with Gasteiger partial charge in [0.2, 0.25) is 5.91 Å². The van der Waals surface area contributed by atoms with E-state index in [1.54, 1.807) is 19.2 Å². The lowest BCUT2D eigenvalue weighted by Gasteiger charge is -2.04.